The highest BCUT2D eigenvalue weighted by Crippen LogP contribution is 2.52. The normalized spacial score (nSPS) is 11.2. The summed E-state index contributed by atoms with van der Waals surface area (Å²) < 4.78 is 9.98. The summed E-state index contributed by atoms with van der Waals surface area (Å²) in [6.07, 6.45) is 3.09. The smallest absolute Gasteiger partial charge is 0.339 e. The van der Waals surface area contributed by atoms with Gasteiger partial charge in [-0.3, -0.25) is 0 Å². The number of hydrogen-bond donors (Lipinski definition) is 0. The second-order valence-electron chi connectivity index (χ2n) is 6.57. The van der Waals surface area contributed by atoms with E-state index in [1.807, 2.05) is 97.1 Å². The summed E-state index contributed by atoms with van der Waals surface area (Å²) in [5.74, 6) is -1.22. The summed E-state index contributed by atoms with van der Waals surface area (Å²) in [6, 6.07) is 28.9. The van der Waals surface area contributed by atoms with Crippen molar-refractivity contribution in [1.82, 2.24) is 0 Å². The van der Waals surface area contributed by atoms with Crippen molar-refractivity contribution in [3.8, 4) is 0 Å². The number of esters is 2. The fourth-order valence-electron chi connectivity index (χ4n) is 3.24. The molecule has 0 unspecified atom stereocenters. The van der Waals surface area contributed by atoms with Crippen molar-refractivity contribution >= 4 is 41.0 Å². The Morgan fingerprint density at radius 1 is 0.742 bits per heavy atom. The molecule has 0 aliphatic carbocycles. The third kappa shape index (κ3) is 4.95. The van der Waals surface area contributed by atoms with E-state index in [9.17, 15) is 9.59 Å². The van der Waals surface area contributed by atoms with Gasteiger partial charge in [-0.2, -0.15) is 0 Å². The fraction of sp³-hybridized carbons (Fsp3) is 0.0769. The summed E-state index contributed by atoms with van der Waals surface area (Å²) >= 11 is 0. The average molecular weight is 430 g/mol. The quantitative estimate of drug-likeness (QED) is 0.337. The molecule has 3 aromatic rings. The van der Waals surface area contributed by atoms with Crippen LogP contribution >= 0.6 is 6.89 Å². The molecule has 0 saturated carbocycles. The first-order valence-corrected chi connectivity index (χ1v) is 11.5. The van der Waals surface area contributed by atoms with Crippen LogP contribution in [0.15, 0.2) is 102 Å². The van der Waals surface area contributed by atoms with E-state index >= 15 is 0 Å². The van der Waals surface area contributed by atoms with Crippen molar-refractivity contribution < 1.29 is 19.1 Å². The van der Waals surface area contributed by atoms with Gasteiger partial charge in [-0.15, -0.1) is 5.45 Å². The van der Waals surface area contributed by atoms with Crippen LogP contribution in [-0.2, 0) is 19.1 Å². The predicted octanol–water partition coefficient (Wildman–Crippen LogP) is 4.00. The van der Waals surface area contributed by atoms with Gasteiger partial charge in [0.1, 0.15) is 0 Å². The maximum Gasteiger partial charge on any atom is 0.339 e. The highest BCUT2D eigenvalue weighted by Gasteiger charge is 2.33. The number of hydrogen-bond acceptors (Lipinski definition) is 4. The summed E-state index contributed by atoms with van der Waals surface area (Å²) in [6.45, 7) is -2.84. The fourth-order valence-corrected chi connectivity index (χ4v) is 6.77. The van der Waals surface area contributed by atoms with Crippen LogP contribution < -0.4 is 10.6 Å². The minimum atomic E-state index is -2.84. The molecule has 5 heteroatoms. The second-order valence-corrected chi connectivity index (χ2v) is 9.68. The molecule has 0 fully saturated rings. The van der Waals surface area contributed by atoms with Gasteiger partial charge in [0.25, 0.3) is 0 Å². The van der Waals surface area contributed by atoms with Gasteiger partial charge in [-0.1, -0.05) is 91.0 Å². The van der Waals surface area contributed by atoms with Crippen molar-refractivity contribution in [2.24, 2.45) is 0 Å². The number of carbonyl (C=O) groups excluding carboxylic acids is 2. The van der Waals surface area contributed by atoms with Crippen LogP contribution in [0, 0.1) is 0 Å². The Morgan fingerprint density at radius 3 is 1.68 bits per heavy atom. The highest BCUT2D eigenvalue weighted by molar-refractivity contribution is 7.92. The van der Waals surface area contributed by atoms with Crippen molar-refractivity contribution in [3.05, 3.63) is 108 Å². The van der Waals surface area contributed by atoms with Gasteiger partial charge in [0.05, 0.1) is 19.5 Å². The van der Waals surface area contributed by atoms with Crippen molar-refractivity contribution in [2.45, 2.75) is 0 Å². The van der Waals surface area contributed by atoms with Gasteiger partial charge in [-0.25, -0.2) is 9.59 Å². The molecule has 0 amide bonds. The van der Waals surface area contributed by atoms with Crippen molar-refractivity contribution in [3.63, 3.8) is 0 Å². The van der Waals surface area contributed by atoms with Crippen LogP contribution in [0.4, 0.5) is 0 Å². The molecule has 0 heterocycles. The second kappa shape index (κ2) is 10.4. The molecular weight excluding hydrogens is 407 g/mol. The number of benzene rings is 3. The van der Waals surface area contributed by atoms with Gasteiger partial charge in [0.2, 0.25) is 0 Å². The number of carbonyl (C=O) groups is 2. The maximum atomic E-state index is 13.0. The lowest BCUT2D eigenvalue weighted by atomic mass is 10.2. The van der Waals surface area contributed by atoms with Crippen LogP contribution in [-0.4, -0.2) is 31.6 Å². The Hall–Kier alpha value is -3.58. The molecule has 0 atom stereocenters. The van der Waals surface area contributed by atoms with Gasteiger partial charge < -0.3 is 9.47 Å². The van der Waals surface area contributed by atoms with Crippen LogP contribution in [0.25, 0.3) is 6.08 Å². The van der Waals surface area contributed by atoms with Crippen LogP contribution in [0.1, 0.15) is 5.56 Å². The average Bonchev–Trinajstić information content (AvgIpc) is 2.85. The Labute approximate surface area is 182 Å². The molecule has 3 aromatic carbocycles. The molecule has 0 aliphatic heterocycles. The van der Waals surface area contributed by atoms with Crippen LogP contribution in [0.3, 0.4) is 0 Å². The molecule has 0 bridgehead atoms. The molecule has 0 aromatic heterocycles. The molecule has 4 nitrogen and oxygen atoms in total. The monoisotopic (exact) mass is 430 g/mol. The van der Waals surface area contributed by atoms with Crippen LogP contribution in [0.5, 0.6) is 0 Å². The zero-order valence-corrected chi connectivity index (χ0v) is 18.3. The zero-order chi connectivity index (χ0) is 22.1. The SMILES string of the molecule is COC(=O)C=C(C(=O)OC)P(=C=Cc1ccccc1)(c1ccccc1)c1ccccc1. The van der Waals surface area contributed by atoms with Crippen LogP contribution in [0.2, 0.25) is 0 Å². The topological polar surface area (TPSA) is 52.6 Å². The number of methoxy groups -OCH3 is 2. The van der Waals surface area contributed by atoms with Crippen molar-refractivity contribution in [2.75, 3.05) is 14.2 Å². The third-order valence-corrected chi connectivity index (χ3v) is 8.42. The molecule has 31 heavy (non-hydrogen) atoms. The Kier molecular flexibility index (Phi) is 7.45. The summed E-state index contributed by atoms with van der Waals surface area (Å²) in [7, 11) is 2.58. The molecule has 0 saturated heterocycles. The molecule has 156 valence electrons. The minimum absolute atomic E-state index is 0.214. The standard InChI is InChI=1S/C26H23O4P/c1-29-25(27)20-24(26(28)30-2)31(22-14-8-4-9-15-22,23-16-10-5-11-17-23)19-18-21-12-6-3-7-13-21/h3-18,20H,1-2H3. The predicted molar refractivity (Wildman–Crippen MR) is 127 cm³/mol. The maximum absolute atomic E-state index is 13.0. The minimum Gasteiger partial charge on any atom is -0.466 e. The Morgan fingerprint density at radius 2 is 1.23 bits per heavy atom. The Bertz CT molecular complexity index is 1120. The Balaban J connectivity index is 2.52. The third-order valence-electron chi connectivity index (χ3n) is 4.72. The molecular formula is C26H23O4P. The van der Waals surface area contributed by atoms with Gasteiger partial charge in [0, 0.05) is 13.0 Å². The van der Waals surface area contributed by atoms with Crippen molar-refractivity contribution in [1.29, 1.82) is 0 Å². The molecule has 0 spiro atoms. The van der Waals surface area contributed by atoms with E-state index < -0.39 is 18.8 Å². The number of rotatable bonds is 6. The highest BCUT2D eigenvalue weighted by atomic mass is 31.2. The zero-order valence-electron chi connectivity index (χ0n) is 17.4. The van der Waals surface area contributed by atoms with E-state index in [4.69, 9.17) is 9.47 Å². The van der Waals surface area contributed by atoms with E-state index in [0.29, 0.717) is 0 Å². The lowest BCUT2D eigenvalue weighted by Crippen LogP contribution is -2.23. The van der Waals surface area contributed by atoms with E-state index in [2.05, 4.69) is 5.45 Å². The van der Waals surface area contributed by atoms with E-state index in [-0.39, 0.29) is 5.31 Å². The van der Waals surface area contributed by atoms with E-state index in [1.165, 1.54) is 20.3 Å². The van der Waals surface area contributed by atoms with Gasteiger partial charge in [0.15, 0.2) is 0 Å². The summed E-state index contributed by atoms with van der Waals surface area (Å²) in [5, 5.41) is 1.95. The lowest BCUT2D eigenvalue weighted by molar-refractivity contribution is -0.137. The molecule has 0 aliphatic rings. The molecule has 0 radical (unpaired) electrons. The summed E-state index contributed by atoms with van der Waals surface area (Å²) in [5.41, 5.74) is 4.47. The first-order valence-electron chi connectivity index (χ1n) is 9.66. The first kappa shape index (κ1) is 22.1. The molecule has 3 rings (SSSR count). The number of ether oxygens (including phenoxy) is 2. The van der Waals surface area contributed by atoms with E-state index in [0.717, 1.165) is 16.2 Å². The first-order chi connectivity index (χ1) is 15.1. The van der Waals surface area contributed by atoms with Gasteiger partial charge in [-0.05, 0) is 22.2 Å². The van der Waals surface area contributed by atoms with Gasteiger partial charge >= 0.3 is 11.9 Å². The van der Waals surface area contributed by atoms with E-state index in [1.54, 1.807) is 0 Å². The largest absolute Gasteiger partial charge is 0.466 e. The molecule has 0 N–H and O–H groups in total. The summed E-state index contributed by atoms with van der Waals surface area (Å²) in [4.78, 5) is 25.3. The lowest BCUT2D eigenvalue weighted by Gasteiger charge is -2.26.